The minimum absolute atomic E-state index is 0.168. The number of ether oxygens (including phenoxy) is 2. The number of alkyl carbamates (subject to hydrolysis) is 1. The van der Waals surface area contributed by atoms with Crippen molar-refractivity contribution >= 4 is 41.3 Å². The van der Waals surface area contributed by atoms with Crippen LogP contribution in [0.2, 0.25) is 5.02 Å². The predicted molar refractivity (Wildman–Crippen MR) is 126 cm³/mol. The van der Waals surface area contributed by atoms with Gasteiger partial charge < -0.3 is 25.4 Å². The lowest BCUT2D eigenvalue weighted by Gasteiger charge is -2.37. The van der Waals surface area contributed by atoms with Gasteiger partial charge in [0.2, 0.25) is 0 Å². The fourth-order valence-electron chi connectivity index (χ4n) is 3.42. The first-order chi connectivity index (χ1) is 15.6. The average molecular weight is 497 g/mol. The molecule has 2 rings (SSSR count). The van der Waals surface area contributed by atoms with Gasteiger partial charge in [-0.3, -0.25) is 14.4 Å². The molecular weight excluding hydrogens is 464 g/mol. The van der Waals surface area contributed by atoms with Crippen LogP contribution >= 0.6 is 11.6 Å². The summed E-state index contributed by atoms with van der Waals surface area (Å²) in [4.78, 5) is 53.8. The summed E-state index contributed by atoms with van der Waals surface area (Å²) in [6.45, 7) is 10.5. The quantitative estimate of drug-likeness (QED) is 0.430. The van der Waals surface area contributed by atoms with Gasteiger partial charge in [-0.1, -0.05) is 11.6 Å². The zero-order chi connectivity index (χ0) is 25.7. The first-order valence-electron chi connectivity index (χ1n) is 11.1. The van der Waals surface area contributed by atoms with Crippen LogP contribution in [0.3, 0.4) is 0 Å². The molecule has 3 unspecified atom stereocenters. The van der Waals surface area contributed by atoms with Crippen LogP contribution in [-0.2, 0) is 23.9 Å². The Kier molecular flexibility index (Phi) is 8.88. The molecule has 0 aliphatic heterocycles. The Labute approximate surface area is 204 Å². The van der Waals surface area contributed by atoms with E-state index in [0.29, 0.717) is 17.9 Å². The Balaban J connectivity index is 2.08. The fraction of sp³-hybridized carbons (Fsp3) is 0.609. The number of nitrogens with one attached hydrogen (secondary N) is 3. The molecule has 0 radical (unpaired) electrons. The minimum atomic E-state index is -0.917. The number of nitrogens with zero attached hydrogens (tertiary/aromatic N) is 1. The first kappa shape index (κ1) is 27.4. The van der Waals surface area contributed by atoms with Crippen molar-refractivity contribution in [3.05, 3.63) is 23.4 Å². The summed E-state index contributed by atoms with van der Waals surface area (Å²) in [6.07, 6.45) is 1.65. The molecule has 188 valence electrons. The Bertz CT molecular complexity index is 908. The molecule has 1 aliphatic carbocycles. The number of amides is 3. The third-order valence-electron chi connectivity index (χ3n) is 4.78. The highest BCUT2D eigenvalue weighted by molar-refractivity contribution is 6.39. The van der Waals surface area contributed by atoms with E-state index in [0.717, 1.165) is 0 Å². The molecule has 10 nitrogen and oxygen atoms in total. The molecule has 1 fully saturated rings. The molecule has 3 amide bonds. The molecule has 3 atom stereocenters. The van der Waals surface area contributed by atoms with Crippen molar-refractivity contribution in [2.24, 2.45) is 5.92 Å². The first-order valence-corrected chi connectivity index (χ1v) is 11.5. The Morgan fingerprint density at radius 3 is 2.12 bits per heavy atom. The summed E-state index contributed by atoms with van der Waals surface area (Å²) in [5.74, 6) is -2.49. The molecule has 0 spiro atoms. The summed E-state index contributed by atoms with van der Waals surface area (Å²) < 4.78 is 10.8. The van der Waals surface area contributed by atoms with E-state index >= 15 is 0 Å². The lowest BCUT2D eigenvalue weighted by atomic mass is 9.82. The maximum atomic E-state index is 12.6. The van der Waals surface area contributed by atoms with Gasteiger partial charge in [0.15, 0.2) is 0 Å². The van der Waals surface area contributed by atoms with Crippen LogP contribution < -0.4 is 16.0 Å². The zero-order valence-electron chi connectivity index (χ0n) is 20.4. The van der Waals surface area contributed by atoms with Crippen molar-refractivity contribution in [1.29, 1.82) is 0 Å². The molecular formula is C23H33ClN4O6. The third-order valence-corrected chi connectivity index (χ3v) is 5.01. The van der Waals surface area contributed by atoms with E-state index in [-0.39, 0.29) is 18.2 Å². The van der Waals surface area contributed by atoms with E-state index in [4.69, 9.17) is 21.1 Å². The lowest BCUT2D eigenvalue weighted by molar-refractivity contribution is -0.161. The summed E-state index contributed by atoms with van der Waals surface area (Å²) in [6, 6.07) is 1.75. The highest BCUT2D eigenvalue weighted by Gasteiger charge is 2.38. The van der Waals surface area contributed by atoms with E-state index in [2.05, 4.69) is 20.9 Å². The molecule has 1 heterocycles. The predicted octanol–water partition coefficient (Wildman–Crippen LogP) is 3.19. The zero-order valence-corrected chi connectivity index (χ0v) is 21.1. The third kappa shape index (κ3) is 9.17. The highest BCUT2D eigenvalue weighted by atomic mass is 35.5. The van der Waals surface area contributed by atoms with Gasteiger partial charge in [0.05, 0.1) is 17.0 Å². The molecule has 0 aromatic carbocycles. The topological polar surface area (TPSA) is 136 Å². The van der Waals surface area contributed by atoms with Crippen molar-refractivity contribution in [2.75, 3.05) is 5.32 Å². The van der Waals surface area contributed by atoms with Gasteiger partial charge >= 0.3 is 23.9 Å². The number of hydrogen-bond acceptors (Lipinski definition) is 7. The van der Waals surface area contributed by atoms with Crippen LogP contribution in [-0.4, -0.2) is 52.1 Å². The molecule has 0 saturated heterocycles. The van der Waals surface area contributed by atoms with Crippen LogP contribution in [0.4, 0.5) is 10.6 Å². The number of carbonyl (C=O) groups is 4. The molecule has 1 saturated carbocycles. The number of halogens is 1. The lowest BCUT2D eigenvalue weighted by Crippen LogP contribution is -2.57. The normalized spacial score (nSPS) is 20.6. The van der Waals surface area contributed by atoms with Crippen LogP contribution in [0.15, 0.2) is 18.3 Å². The second-order valence-corrected chi connectivity index (χ2v) is 10.6. The van der Waals surface area contributed by atoms with E-state index < -0.39 is 47.1 Å². The van der Waals surface area contributed by atoms with Gasteiger partial charge in [0.1, 0.15) is 17.0 Å². The van der Waals surface area contributed by atoms with Crippen LogP contribution in [0.25, 0.3) is 0 Å². The van der Waals surface area contributed by atoms with Gasteiger partial charge in [0.25, 0.3) is 0 Å². The smallest absolute Gasteiger partial charge is 0.407 e. The van der Waals surface area contributed by atoms with Crippen molar-refractivity contribution in [3.63, 3.8) is 0 Å². The number of esters is 1. The number of pyridine rings is 1. The van der Waals surface area contributed by atoms with Gasteiger partial charge in [-0.05, 0) is 72.9 Å². The number of aromatic nitrogens is 1. The van der Waals surface area contributed by atoms with Gasteiger partial charge in [0, 0.05) is 12.2 Å². The van der Waals surface area contributed by atoms with Gasteiger partial charge in [-0.25, -0.2) is 9.78 Å². The van der Waals surface area contributed by atoms with E-state index in [1.807, 2.05) is 0 Å². The second kappa shape index (κ2) is 11.0. The summed E-state index contributed by atoms with van der Waals surface area (Å²) >= 11 is 5.77. The maximum Gasteiger partial charge on any atom is 0.407 e. The molecule has 3 N–H and O–H groups in total. The van der Waals surface area contributed by atoms with Crippen molar-refractivity contribution < 1.29 is 28.7 Å². The average Bonchev–Trinajstić information content (AvgIpc) is 2.68. The summed E-state index contributed by atoms with van der Waals surface area (Å²) in [7, 11) is 0. The Hall–Kier alpha value is -2.88. The molecule has 1 aromatic rings. The number of anilines is 1. The number of hydrogen-bond donors (Lipinski definition) is 3. The summed E-state index contributed by atoms with van der Waals surface area (Å²) in [5, 5.41) is 8.16. The van der Waals surface area contributed by atoms with Crippen molar-refractivity contribution in [1.82, 2.24) is 15.6 Å². The SMILES string of the molecule is CC(C)(C)OC(=O)NC1CC(C(=O)OC(C)(C)C)CCC1NC(=O)C(=O)Nc1ccc(Cl)cn1. The standard InChI is InChI=1S/C23H33ClN4O6/c1-22(2,3)33-20(31)13-7-9-15(16(11-13)27-21(32)34-23(4,5)6)26-18(29)19(30)28-17-10-8-14(24)12-25-17/h8,10,12-13,15-16H,7,9,11H2,1-6H3,(H,26,29)(H,27,32)(H,25,28,30). The van der Waals surface area contributed by atoms with E-state index in [9.17, 15) is 19.2 Å². The second-order valence-electron chi connectivity index (χ2n) is 10.2. The van der Waals surface area contributed by atoms with Gasteiger partial charge in [-0.2, -0.15) is 0 Å². The van der Waals surface area contributed by atoms with Crippen molar-refractivity contribution in [3.8, 4) is 0 Å². The minimum Gasteiger partial charge on any atom is -0.460 e. The van der Waals surface area contributed by atoms with E-state index in [1.165, 1.54) is 18.3 Å². The monoisotopic (exact) mass is 496 g/mol. The Morgan fingerprint density at radius 2 is 1.56 bits per heavy atom. The summed E-state index contributed by atoms with van der Waals surface area (Å²) in [5.41, 5.74) is -1.38. The number of rotatable bonds is 4. The molecule has 34 heavy (non-hydrogen) atoms. The number of carbonyl (C=O) groups excluding carboxylic acids is 4. The molecule has 0 bridgehead atoms. The van der Waals surface area contributed by atoms with Crippen LogP contribution in [0.1, 0.15) is 60.8 Å². The molecule has 11 heteroatoms. The molecule has 1 aromatic heterocycles. The van der Waals surface area contributed by atoms with E-state index in [1.54, 1.807) is 41.5 Å². The van der Waals surface area contributed by atoms with Crippen molar-refractivity contribution in [2.45, 2.75) is 84.1 Å². The largest absolute Gasteiger partial charge is 0.460 e. The van der Waals surface area contributed by atoms with Gasteiger partial charge in [-0.15, -0.1) is 0 Å². The fourth-order valence-corrected chi connectivity index (χ4v) is 3.53. The molecule has 1 aliphatic rings. The Morgan fingerprint density at radius 1 is 0.912 bits per heavy atom. The maximum absolute atomic E-state index is 12.6. The van der Waals surface area contributed by atoms with Crippen LogP contribution in [0, 0.1) is 5.92 Å². The highest BCUT2D eigenvalue weighted by Crippen LogP contribution is 2.28. The van der Waals surface area contributed by atoms with Crippen LogP contribution in [0.5, 0.6) is 0 Å².